The van der Waals surface area contributed by atoms with E-state index in [4.69, 9.17) is 5.11 Å². The van der Waals surface area contributed by atoms with Crippen LogP contribution in [0.5, 0.6) is 0 Å². The summed E-state index contributed by atoms with van der Waals surface area (Å²) < 4.78 is 0. The van der Waals surface area contributed by atoms with Crippen LogP contribution in [0.25, 0.3) is 0 Å². The molecule has 6 heteroatoms. The summed E-state index contributed by atoms with van der Waals surface area (Å²) in [6.07, 6.45) is 0.485. The van der Waals surface area contributed by atoms with E-state index in [-0.39, 0.29) is 5.70 Å². The van der Waals surface area contributed by atoms with Gasteiger partial charge in [0.25, 0.3) is 0 Å². The molecule has 0 aromatic rings. The lowest BCUT2D eigenvalue weighted by atomic mass is 9.96. The fraction of sp³-hybridized carbons (Fsp3) is 0.667. The molecule has 102 valence electrons. The quantitative estimate of drug-likeness (QED) is 0.615. The van der Waals surface area contributed by atoms with Crippen LogP contribution in [0, 0.1) is 0 Å². The second-order valence-corrected chi connectivity index (χ2v) is 5.16. The zero-order valence-electron chi connectivity index (χ0n) is 11.1. The Hall–Kier alpha value is -1.40. The minimum absolute atomic E-state index is 0.129. The number of carboxylic acid groups (broad SMARTS) is 1. The molecule has 18 heavy (non-hydrogen) atoms. The second-order valence-electron chi connectivity index (χ2n) is 5.16. The molecule has 1 amide bonds. The number of nitrogens with zero attached hydrogens (tertiary/aromatic N) is 1. The number of allylic oxidation sites excluding steroid dienone is 1. The third-order valence-electron chi connectivity index (χ3n) is 3.21. The zero-order valence-corrected chi connectivity index (χ0v) is 11.1. The lowest BCUT2D eigenvalue weighted by molar-refractivity contribution is -0.137. The topological polar surface area (TPSA) is 89.9 Å². The van der Waals surface area contributed by atoms with Gasteiger partial charge in [0.05, 0.1) is 5.60 Å². The maximum Gasteiger partial charge on any atom is 0.352 e. The number of aliphatic hydroxyl groups is 1. The van der Waals surface area contributed by atoms with Crippen molar-refractivity contribution in [3.63, 3.8) is 0 Å². The molecule has 1 saturated heterocycles. The van der Waals surface area contributed by atoms with Gasteiger partial charge >= 0.3 is 5.97 Å². The molecule has 1 aliphatic rings. The van der Waals surface area contributed by atoms with Crippen molar-refractivity contribution in [3.8, 4) is 0 Å². The van der Waals surface area contributed by atoms with E-state index in [1.165, 1.54) is 0 Å². The summed E-state index contributed by atoms with van der Waals surface area (Å²) in [4.78, 5) is 24.8. The second kappa shape index (κ2) is 5.07. The third-order valence-corrected chi connectivity index (χ3v) is 3.21. The molecule has 0 aromatic heterocycles. The number of hydrogen-bond acceptors (Lipinski definition) is 4. The molecule has 1 heterocycles. The maximum atomic E-state index is 12.1. The monoisotopic (exact) mass is 256 g/mol. The number of likely N-dealkylation sites (N-methyl/N-ethyl adjacent to an activating group) is 1. The minimum atomic E-state index is -1.18. The fourth-order valence-corrected chi connectivity index (χ4v) is 2.21. The van der Waals surface area contributed by atoms with Gasteiger partial charge < -0.3 is 15.5 Å². The molecular formula is C12H20N2O4. The van der Waals surface area contributed by atoms with Crippen molar-refractivity contribution in [1.82, 2.24) is 10.2 Å². The summed E-state index contributed by atoms with van der Waals surface area (Å²) in [7, 11) is 1.73. The molecule has 1 fully saturated rings. The van der Waals surface area contributed by atoms with Gasteiger partial charge in [0.15, 0.2) is 0 Å². The molecule has 0 aromatic carbocycles. The van der Waals surface area contributed by atoms with Crippen LogP contribution in [0.2, 0.25) is 0 Å². The molecule has 0 saturated carbocycles. The number of aliphatic carboxylic acids is 1. The Kier molecular flexibility index (Phi) is 4.13. The molecule has 3 N–H and O–H groups in total. The summed E-state index contributed by atoms with van der Waals surface area (Å²) in [6.45, 7) is 5.41. The van der Waals surface area contributed by atoms with Gasteiger partial charge in [-0.05, 0) is 39.8 Å². The van der Waals surface area contributed by atoms with E-state index in [0.717, 1.165) is 0 Å². The number of nitrogens with one attached hydrogen (secondary N) is 1. The van der Waals surface area contributed by atoms with Crippen LogP contribution in [0.15, 0.2) is 11.3 Å². The van der Waals surface area contributed by atoms with Crippen LogP contribution in [-0.4, -0.2) is 52.2 Å². The largest absolute Gasteiger partial charge is 0.477 e. The van der Waals surface area contributed by atoms with Crippen molar-refractivity contribution < 1.29 is 19.8 Å². The van der Waals surface area contributed by atoms with Gasteiger partial charge in [0.1, 0.15) is 11.7 Å². The SMILES string of the molecule is CC(C)=C(NC(=O)C1N(C)CCC1(C)O)C(=O)O. The Labute approximate surface area is 106 Å². The van der Waals surface area contributed by atoms with Crippen LogP contribution < -0.4 is 5.32 Å². The van der Waals surface area contributed by atoms with Crippen LogP contribution >= 0.6 is 0 Å². The standard InChI is InChI=1S/C12H20N2O4/c1-7(2)8(11(16)17)13-10(15)9-12(3,18)5-6-14(9)4/h9,18H,5-6H2,1-4H3,(H,13,15)(H,16,17). The van der Waals surface area contributed by atoms with Gasteiger partial charge in [-0.3, -0.25) is 9.69 Å². The van der Waals surface area contributed by atoms with Crippen molar-refractivity contribution in [3.05, 3.63) is 11.3 Å². The fourth-order valence-electron chi connectivity index (χ4n) is 2.21. The summed E-state index contributed by atoms with van der Waals surface area (Å²) in [5, 5.41) is 21.5. The van der Waals surface area contributed by atoms with Crippen molar-refractivity contribution in [2.75, 3.05) is 13.6 Å². The molecule has 0 bridgehead atoms. The molecule has 2 atom stereocenters. The van der Waals surface area contributed by atoms with Crippen LogP contribution in [0.1, 0.15) is 27.2 Å². The number of rotatable bonds is 3. The van der Waals surface area contributed by atoms with Gasteiger partial charge in [-0.15, -0.1) is 0 Å². The Morgan fingerprint density at radius 1 is 1.39 bits per heavy atom. The van der Waals surface area contributed by atoms with Crippen molar-refractivity contribution in [1.29, 1.82) is 0 Å². The first-order valence-corrected chi connectivity index (χ1v) is 5.81. The number of likely N-dealkylation sites (tertiary alicyclic amines) is 1. The average molecular weight is 256 g/mol. The highest BCUT2D eigenvalue weighted by Gasteiger charge is 2.45. The van der Waals surface area contributed by atoms with Gasteiger partial charge in [-0.2, -0.15) is 0 Å². The van der Waals surface area contributed by atoms with E-state index < -0.39 is 23.5 Å². The molecule has 0 spiro atoms. The first-order valence-electron chi connectivity index (χ1n) is 5.81. The van der Waals surface area contributed by atoms with E-state index in [9.17, 15) is 14.7 Å². The lowest BCUT2D eigenvalue weighted by Crippen LogP contribution is -2.52. The number of carbonyl (C=O) groups excluding carboxylic acids is 1. The number of hydrogen-bond donors (Lipinski definition) is 3. The van der Waals surface area contributed by atoms with E-state index >= 15 is 0 Å². The summed E-state index contributed by atoms with van der Waals surface area (Å²) in [6, 6.07) is -0.730. The first-order chi connectivity index (χ1) is 8.16. The van der Waals surface area contributed by atoms with Crippen LogP contribution in [0.3, 0.4) is 0 Å². The van der Waals surface area contributed by atoms with Gasteiger partial charge in [-0.1, -0.05) is 0 Å². The maximum absolute atomic E-state index is 12.1. The molecule has 2 unspecified atom stereocenters. The summed E-state index contributed by atoms with van der Waals surface area (Å²) in [5.74, 6) is -1.66. The molecule has 0 aliphatic carbocycles. The predicted octanol–water partition coefficient (Wildman–Crippen LogP) is -0.0638. The van der Waals surface area contributed by atoms with Crippen molar-refractivity contribution in [2.45, 2.75) is 38.8 Å². The van der Waals surface area contributed by atoms with E-state index in [1.54, 1.807) is 32.7 Å². The highest BCUT2D eigenvalue weighted by Crippen LogP contribution is 2.27. The normalized spacial score (nSPS) is 27.9. The van der Waals surface area contributed by atoms with Gasteiger partial charge in [0.2, 0.25) is 5.91 Å². The van der Waals surface area contributed by atoms with Crippen LogP contribution in [-0.2, 0) is 9.59 Å². The molecule has 1 rings (SSSR count). The van der Waals surface area contributed by atoms with E-state index in [2.05, 4.69) is 5.32 Å². The van der Waals surface area contributed by atoms with E-state index in [1.807, 2.05) is 0 Å². The smallest absolute Gasteiger partial charge is 0.352 e. The number of carboxylic acids is 1. The van der Waals surface area contributed by atoms with Crippen LogP contribution in [0.4, 0.5) is 0 Å². The summed E-state index contributed by atoms with van der Waals surface area (Å²) >= 11 is 0. The predicted molar refractivity (Wildman–Crippen MR) is 65.8 cm³/mol. The average Bonchev–Trinajstić information content (AvgIpc) is 2.48. The summed E-state index contributed by atoms with van der Waals surface area (Å²) in [5.41, 5.74) is -0.753. The van der Waals surface area contributed by atoms with Crippen molar-refractivity contribution >= 4 is 11.9 Å². The Morgan fingerprint density at radius 3 is 2.28 bits per heavy atom. The Morgan fingerprint density at radius 2 is 1.94 bits per heavy atom. The highest BCUT2D eigenvalue weighted by atomic mass is 16.4. The van der Waals surface area contributed by atoms with Gasteiger partial charge in [0, 0.05) is 6.54 Å². The Balaban J connectivity index is 2.89. The molecule has 6 nitrogen and oxygen atoms in total. The molecular weight excluding hydrogens is 236 g/mol. The minimum Gasteiger partial charge on any atom is -0.477 e. The van der Waals surface area contributed by atoms with Gasteiger partial charge in [-0.25, -0.2) is 4.79 Å². The Bertz CT molecular complexity index is 397. The third kappa shape index (κ3) is 2.88. The highest BCUT2D eigenvalue weighted by molar-refractivity contribution is 5.95. The molecule has 0 radical (unpaired) electrons. The number of carbonyl (C=O) groups is 2. The molecule has 1 aliphatic heterocycles. The number of amides is 1. The zero-order chi connectivity index (χ0) is 14.1. The first kappa shape index (κ1) is 14.7. The van der Waals surface area contributed by atoms with E-state index in [0.29, 0.717) is 18.5 Å². The van der Waals surface area contributed by atoms with Crippen molar-refractivity contribution in [2.24, 2.45) is 0 Å². The lowest BCUT2D eigenvalue weighted by Gasteiger charge is -2.28.